The van der Waals surface area contributed by atoms with E-state index in [1.165, 1.54) is 0 Å². The predicted octanol–water partition coefficient (Wildman–Crippen LogP) is 1.01. The Morgan fingerprint density at radius 1 is 1.35 bits per heavy atom. The summed E-state index contributed by atoms with van der Waals surface area (Å²) in [6.07, 6.45) is 1.46. The highest BCUT2D eigenvalue weighted by Gasteiger charge is 2.29. The lowest BCUT2D eigenvalue weighted by atomic mass is 9.95. The molecule has 0 aromatic carbocycles. The molecule has 2 amide bonds. The molecule has 20 heavy (non-hydrogen) atoms. The highest BCUT2D eigenvalue weighted by Crippen LogP contribution is 2.21. The fourth-order valence-electron chi connectivity index (χ4n) is 2.69. The summed E-state index contributed by atoms with van der Waals surface area (Å²) < 4.78 is 0. The van der Waals surface area contributed by atoms with E-state index >= 15 is 0 Å². The molecule has 0 radical (unpaired) electrons. The van der Waals surface area contributed by atoms with Crippen LogP contribution in [0.25, 0.3) is 0 Å². The lowest BCUT2D eigenvalue weighted by Gasteiger charge is -2.31. The molecular weight excluding hydrogens is 256 g/mol. The highest BCUT2D eigenvalue weighted by atomic mass is 16.2. The lowest BCUT2D eigenvalue weighted by Crippen LogP contribution is -2.43. The third-order valence-corrected chi connectivity index (χ3v) is 3.85. The standard InChI is InChI=1S/C14H22N4O2/c1-4-15-13(19)11-5-7-18(8-6-11)14(20)12-9(2)16-17-10(12)3/h11H,4-8H2,1-3H3,(H,15,19)(H,16,17). The summed E-state index contributed by atoms with van der Waals surface area (Å²) in [4.78, 5) is 26.1. The number of nitrogens with zero attached hydrogens (tertiary/aromatic N) is 2. The van der Waals surface area contributed by atoms with Crippen molar-refractivity contribution < 1.29 is 9.59 Å². The molecule has 1 aliphatic heterocycles. The van der Waals surface area contributed by atoms with Gasteiger partial charge in [-0.25, -0.2) is 0 Å². The van der Waals surface area contributed by atoms with Crippen molar-refractivity contribution in [1.29, 1.82) is 0 Å². The fourth-order valence-corrected chi connectivity index (χ4v) is 2.69. The van der Waals surface area contributed by atoms with Crippen LogP contribution >= 0.6 is 0 Å². The van der Waals surface area contributed by atoms with Crippen LogP contribution in [-0.4, -0.2) is 46.5 Å². The summed E-state index contributed by atoms with van der Waals surface area (Å²) in [6.45, 7) is 7.52. The number of aryl methyl sites for hydroxylation is 2. The Kier molecular flexibility index (Phi) is 4.42. The Labute approximate surface area is 118 Å². The van der Waals surface area contributed by atoms with Gasteiger partial charge < -0.3 is 10.2 Å². The molecule has 2 rings (SSSR count). The summed E-state index contributed by atoms with van der Waals surface area (Å²) in [5.41, 5.74) is 2.21. The number of rotatable bonds is 3. The fraction of sp³-hybridized carbons (Fsp3) is 0.643. The molecule has 0 spiro atoms. The maximum Gasteiger partial charge on any atom is 0.257 e. The van der Waals surface area contributed by atoms with Crippen LogP contribution in [0.5, 0.6) is 0 Å². The Morgan fingerprint density at radius 2 is 2.00 bits per heavy atom. The summed E-state index contributed by atoms with van der Waals surface area (Å²) in [5.74, 6) is 0.156. The normalized spacial score (nSPS) is 16.2. The Bertz CT molecular complexity index is 482. The van der Waals surface area contributed by atoms with Gasteiger partial charge in [-0.3, -0.25) is 14.7 Å². The smallest absolute Gasteiger partial charge is 0.257 e. The highest BCUT2D eigenvalue weighted by molar-refractivity contribution is 5.96. The van der Waals surface area contributed by atoms with Gasteiger partial charge in [-0.2, -0.15) is 5.10 Å². The number of amides is 2. The van der Waals surface area contributed by atoms with Gasteiger partial charge >= 0.3 is 0 Å². The van der Waals surface area contributed by atoms with Crippen molar-refractivity contribution in [2.75, 3.05) is 19.6 Å². The number of carbonyl (C=O) groups excluding carboxylic acids is 2. The van der Waals surface area contributed by atoms with Crippen LogP contribution in [0.3, 0.4) is 0 Å². The van der Waals surface area contributed by atoms with Crippen molar-refractivity contribution in [2.45, 2.75) is 33.6 Å². The van der Waals surface area contributed by atoms with Crippen molar-refractivity contribution in [3.05, 3.63) is 17.0 Å². The van der Waals surface area contributed by atoms with Crippen LogP contribution in [0.2, 0.25) is 0 Å². The number of hydrogen-bond acceptors (Lipinski definition) is 3. The van der Waals surface area contributed by atoms with Crippen LogP contribution in [0.15, 0.2) is 0 Å². The molecule has 2 N–H and O–H groups in total. The van der Waals surface area contributed by atoms with E-state index in [1.54, 1.807) is 0 Å². The summed E-state index contributed by atoms with van der Waals surface area (Å²) in [7, 11) is 0. The number of likely N-dealkylation sites (tertiary alicyclic amines) is 1. The second-order valence-electron chi connectivity index (χ2n) is 5.27. The van der Waals surface area contributed by atoms with Crippen LogP contribution in [0.4, 0.5) is 0 Å². The van der Waals surface area contributed by atoms with Gasteiger partial charge in [0.25, 0.3) is 5.91 Å². The summed E-state index contributed by atoms with van der Waals surface area (Å²) in [6, 6.07) is 0. The molecule has 0 atom stereocenters. The molecule has 110 valence electrons. The second-order valence-corrected chi connectivity index (χ2v) is 5.27. The zero-order chi connectivity index (χ0) is 14.7. The molecule has 1 aromatic heterocycles. The third kappa shape index (κ3) is 2.84. The number of carbonyl (C=O) groups is 2. The molecule has 0 saturated carbocycles. The maximum atomic E-state index is 12.5. The monoisotopic (exact) mass is 278 g/mol. The predicted molar refractivity (Wildman–Crippen MR) is 75.4 cm³/mol. The van der Waals surface area contributed by atoms with Crippen molar-refractivity contribution in [3.8, 4) is 0 Å². The Balaban J connectivity index is 1.97. The van der Waals surface area contributed by atoms with Crippen LogP contribution in [0, 0.1) is 19.8 Å². The quantitative estimate of drug-likeness (QED) is 0.866. The first-order valence-electron chi connectivity index (χ1n) is 7.13. The molecule has 1 aliphatic rings. The van der Waals surface area contributed by atoms with E-state index in [1.807, 2.05) is 25.7 Å². The van der Waals surface area contributed by atoms with Gasteiger partial charge in [0, 0.05) is 31.2 Å². The summed E-state index contributed by atoms with van der Waals surface area (Å²) >= 11 is 0. The second kappa shape index (κ2) is 6.07. The van der Waals surface area contributed by atoms with E-state index in [9.17, 15) is 9.59 Å². The average molecular weight is 278 g/mol. The van der Waals surface area contributed by atoms with E-state index in [-0.39, 0.29) is 17.7 Å². The van der Waals surface area contributed by atoms with Crippen molar-refractivity contribution >= 4 is 11.8 Å². The van der Waals surface area contributed by atoms with Gasteiger partial charge in [0.1, 0.15) is 0 Å². The first kappa shape index (κ1) is 14.6. The number of aromatic nitrogens is 2. The molecule has 1 fully saturated rings. The van der Waals surface area contributed by atoms with Gasteiger partial charge in [0.15, 0.2) is 0 Å². The minimum atomic E-state index is 0.0168. The van der Waals surface area contributed by atoms with E-state index < -0.39 is 0 Å². The van der Waals surface area contributed by atoms with Crippen molar-refractivity contribution in [2.24, 2.45) is 5.92 Å². The van der Waals surface area contributed by atoms with Crippen molar-refractivity contribution in [1.82, 2.24) is 20.4 Å². The number of H-pyrrole nitrogens is 1. The average Bonchev–Trinajstić information content (AvgIpc) is 2.78. The molecular formula is C14H22N4O2. The van der Waals surface area contributed by atoms with E-state index in [2.05, 4.69) is 15.5 Å². The van der Waals surface area contributed by atoms with E-state index in [0.717, 1.165) is 24.2 Å². The maximum absolute atomic E-state index is 12.5. The molecule has 2 heterocycles. The number of piperidine rings is 1. The van der Waals surface area contributed by atoms with E-state index in [4.69, 9.17) is 0 Å². The Hall–Kier alpha value is -1.85. The van der Waals surface area contributed by atoms with Crippen LogP contribution < -0.4 is 5.32 Å². The van der Waals surface area contributed by atoms with Gasteiger partial charge in [0.2, 0.25) is 5.91 Å². The van der Waals surface area contributed by atoms with Crippen LogP contribution in [-0.2, 0) is 4.79 Å². The molecule has 0 unspecified atom stereocenters. The third-order valence-electron chi connectivity index (χ3n) is 3.85. The number of aromatic amines is 1. The Morgan fingerprint density at radius 3 is 2.50 bits per heavy atom. The lowest BCUT2D eigenvalue weighted by molar-refractivity contribution is -0.126. The minimum Gasteiger partial charge on any atom is -0.356 e. The first-order valence-corrected chi connectivity index (χ1v) is 7.13. The zero-order valence-corrected chi connectivity index (χ0v) is 12.3. The minimum absolute atomic E-state index is 0.0168. The topological polar surface area (TPSA) is 78.1 Å². The zero-order valence-electron chi connectivity index (χ0n) is 12.3. The molecule has 6 heteroatoms. The molecule has 0 bridgehead atoms. The van der Waals surface area contributed by atoms with Gasteiger partial charge in [-0.05, 0) is 33.6 Å². The van der Waals surface area contributed by atoms with Gasteiger partial charge in [0.05, 0.1) is 11.3 Å². The van der Waals surface area contributed by atoms with Crippen molar-refractivity contribution in [3.63, 3.8) is 0 Å². The van der Waals surface area contributed by atoms with Gasteiger partial charge in [-0.1, -0.05) is 0 Å². The molecule has 6 nitrogen and oxygen atoms in total. The van der Waals surface area contributed by atoms with Gasteiger partial charge in [-0.15, -0.1) is 0 Å². The molecule has 1 aromatic rings. The summed E-state index contributed by atoms with van der Waals surface area (Å²) in [5, 5.41) is 9.75. The number of hydrogen-bond donors (Lipinski definition) is 2. The SMILES string of the molecule is CCNC(=O)C1CCN(C(=O)c2c(C)n[nH]c2C)CC1. The molecule has 0 aliphatic carbocycles. The molecule has 1 saturated heterocycles. The van der Waals surface area contributed by atoms with Crippen LogP contribution in [0.1, 0.15) is 41.5 Å². The largest absolute Gasteiger partial charge is 0.356 e. The first-order chi connectivity index (χ1) is 9.54. The van der Waals surface area contributed by atoms with E-state index in [0.29, 0.717) is 25.2 Å². The number of nitrogens with one attached hydrogen (secondary N) is 2.